The second-order valence-corrected chi connectivity index (χ2v) is 3.61. The summed E-state index contributed by atoms with van der Waals surface area (Å²) in [4.78, 5) is 11.7. The van der Waals surface area contributed by atoms with E-state index in [0.717, 1.165) is 18.6 Å². The second kappa shape index (κ2) is 4.42. The Morgan fingerprint density at radius 3 is 2.86 bits per heavy atom. The van der Waals surface area contributed by atoms with E-state index in [9.17, 15) is 4.79 Å². The van der Waals surface area contributed by atoms with E-state index >= 15 is 0 Å². The average Bonchev–Trinajstić information content (AvgIpc) is 2.72. The van der Waals surface area contributed by atoms with Crippen molar-refractivity contribution in [1.82, 2.24) is 0 Å². The van der Waals surface area contributed by atoms with Crippen molar-refractivity contribution >= 4 is 5.78 Å². The number of carbonyl (C=O) groups excluding carboxylic acids is 1. The Morgan fingerprint density at radius 2 is 2.21 bits per heavy atom. The van der Waals surface area contributed by atoms with Gasteiger partial charge in [0.2, 0.25) is 0 Å². The molecule has 0 bridgehead atoms. The summed E-state index contributed by atoms with van der Waals surface area (Å²) in [7, 11) is 0. The first kappa shape index (κ1) is 9.46. The number of ether oxygens (including phenoxy) is 1. The van der Waals surface area contributed by atoms with Gasteiger partial charge in [-0.25, -0.2) is 0 Å². The zero-order valence-corrected chi connectivity index (χ0v) is 8.07. The molecule has 0 aliphatic carbocycles. The summed E-state index contributed by atoms with van der Waals surface area (Å²) in [5.41, 5.74) is 0. The fourth-order valence-electron chi connectivity index (χ4n) is 1.75. The third kappa shape index (κ3) is 2.23. The standard InChI is InChI=1S/C11H14O3/c12-11(8-10-2-1-5-14-10)9-3-6-13-7-4-9/h1-2,5,9H,3-4,6-8H2. The maximum atomic E-state index is 11.7. The van der Waals surface area contributed by atoms with Crippen molar-refractivity contribution in [3.63, 3.8) is 0 Å². The SMILES string of the molecule is O=C(Cc1ccco1)C1CCOCC1. The lowest BCUT2D eigenvalue weighted by molar-refractivity contribution is -0.125. The molecule has 0 aromatic carbocycles. The number of ketones is 1. The molecule has 0 radical (unpaired) electrons. The van der Waals surface area contributed by atoms with Crippen LogP contribution in [-0.4, -0.2) is 19.0 Å². The van der Waals surface area contributed by atoms with Crippen molar-refractivity contribution in [2.75, 3.05) is 13.2 Å². The van der Waals surface area contributed by atoms with E-state index in [4.69, 9.17) is 9.15 Å². The van der Waals surface area contributed by atoms with E-state index in [0.29, 0.717) is 19.6 Å². The summed E-state index contributed by atoms with van der Waals surface area (Å²) in [5.74, 6) is 1.22. The maximum Gasteiger partial charge on any atom is 0.143 e. The minimum absolute atomic E-state index is 0.175. The molecule has 0 N–H and O–H groups in total. The van der Waals surface area contributed by atoms with Crippen LogP contribution in [0.1, 0.15) is 18.6 Å². The Kier molecular flexibility index (Phi) is 2.99. The first-order valence-corrected chi connectivity index (χ1v) is 4.99. The monoisotopic (exact) mass is 194 g/mol. The Labute approximate surface area is 83.0 Å². The van der Waals surface area contributed by atoms with E-state index in [1.54, 1.807) is 6.26 Å². The molecule has 2 heterocycles. The van der Waals surface area contributed by atoms with Crippen LogP contribution < -0.4 is 0 Å². The van der Waals surface area contributed by atoms with Crippen LogP contribution in [0, 0.1) is 5.92 Å². The van der Waals surface area contributed by atoms with Crippen molar-refractivity contribution in [2.24, 2.45) is 5.92 Å². The minimum atomic E-state index is 0.175. The Hall–Kier alpha value is -1.09. The fraction of sp³-hybridized carbons (Fsp3) is 0.545. The molecule has 0 amide bonds. The highest BCUT2D eigenvalue weighted by Crippen LogP contribution is 2.17. The minimum Gasteiger partial charge on any atom is -0.469 e. The van der Waals surface area contributed by atoms with Gasteiger partial charge in [0.1, 0.15) is 11.5 Å². The molecule has 1 fully saturated rings. The number of hydrogen-bond acceptors (Lipinski definition) is 3. The molecule has 3 nitrogen and oxygen atoms in total. The summed E-state index contributed by atoms with van der Waals surface area (Å²) in [6.07, 6.45) is 3.75. The molecule has 0 unspecified atom stereocenters. The molecule has 76 valence electrons. The lowest BCUT2D eigenvalue weighted by Gasteiger charge is -2.20. The lowest BCUT2D eigenvalue weighted by atomic mass is 9.93. The van der Waals surface area contributed by atoms with Gasteiger partial charge in [-0.1, -0.05) is 0 Å². The number of Topliss-reactive ketones (excluding diaryl/α,β-unsaturated/α-hetero) is 1. The predicted octanol–water partition coefficient (Wildman–Crippen LogP) is 1.82. The summed E-state index contributed by atoms with van der Waals surface area (Å²) >= 11 is 0. The molecule has 1 aromatic rings. The van der Waals surface area contributed by atoms with E-state index in [-0.39, 0.29) is 11.7 Å². The first-order chi connectivity index (χ1) is 6.86. The molecule has 0 saturated carbocycles. The van der Waals surface area contributed by atoms with Crippen molar-refractivity contribution in [2.45, 2.75) is 19.3 Å². The molecule has 14 heavy (non-hydrogen) atoms. The predicted molar refractivity (Wildman–Crippen MR) is 51.0 cm³/mol. The Bertz CT molecular complexity index is 283. The highest BCUT2D eigenvalue weighted by molar-refractivity contribution is 5.82. The van der Waals surface area contributed by atoms with Gasteiger partial charge in [-0.2, -0.15) is 0 Å². The Balaban J connectivity index is 1.88. The van der Waals surface area contributed by atoms with Crippen LogP contribution in [0.15, 0.2) is 22.8 Å². The van der Waals surface area contributed by atoms with E-state index in [2.05, 4.69) is 0 Å². The highest BCUT2D eigenvalue weighted by Gasteiger charge is 2.21. The molecule has 2 rings (SSSR count). The van der Waals surface area contributed by atoms with Crippen LogP contribution in [-0.2, 0) is 16.0 Å². The average molecular weight is 194 g/mol. The van der Waals surface area contributed by atoms with E-state index in [1.807, 2.05) is 12.1 Å². The van der Waals surface area contributed by atoms with Crippen LogP contribution in [0.3, 0.4) is 0 Å². The summed E-state index contributed by atoms with van der Waals surface area (Å²) in [6.45, 7) is 1.43. The van der Waals surface area contributed by atoms with Crippen LogP contribution in [0.5, 0.6) is 0 Å². The summed E-state index contributed by atoms with van der Waals surface area (Å²) in [6, 6.07) is 3.66. The fourth-order valence-corrected chi connectivity index (χ4v) is 1.75. The van der Waals surface area contributed by atoms with Gasteiger partial charge in [0.05, 0.1) is 12.7 Å². The molecule has 0 spiro atoms. The van der Waals surface area contributed by atoms with Crippen LogP contribution in [0.2, 0.25) is 0 Å². The zero-order valence-electron chi connectivity index (χ0n) is 8.07. The van der Waals surface area contributed by atoms with E-state index in [1.165, 1.54) is 0 Å². The Morgan fingerprint density at radius 1 is 1.43 bits per heavy atom. The topological polar surface area (TPSA) is 39.4 Å². The number of furan rings is 1. The van der Waals surface area contributed by atoms with Crippen molar-refractivity contribution in [3.8, 4) is 0 Å². The van der Waals surface area contributed by atoms with Crippen LogP contribution >= 0.6 is 0 Å². The molecule has 1 aliphatic rings. The zero-order chi connectivity index (χ0) is 9.80. The van der Waals surface area contributed by atoms with Gasteiger partial charge in [-0.15, -0.1) is 0 Å². The van der Waals surface area contributed by atoms with Gasteiger partial charge in [-0.3, -0.25) is 4.79 Å². The van der Waals surface area contributed by atoms with Gasteiger partial charge in [0.15, 0.2) is 0 Å². The van der Waals surface area contributed by atoms with Crippen molar-refractivity contribution in [1.29, 1.82) is 0 Å². The molecule has 1 aliphatic heterocycles. The molecule has 0 atom stereocenters. The number of rotatable bonds is 3. The summed E-state index contributed by atoms with van der Waals surface area (Å²) < 4.78 is 10.4. The number of hydrogen-bond donors (Lipinski definition) is 0. The third-order valence-electron chi connectivity index (χ3n) is 2.61. The number of carbonyl (C=O) groups is 1. The molecular weight excluding hydrogens is 180 g/mol. The maximum absolute atomic E-state index is 11.7. The smallest absolute Gasteiger partial charge is 0.143 e. The third-order valence-corrected chi connectivity index (χ3v) is 2.61. The van der Waals surface area contributed by atoms with Gasteiger partial charge in [0.25, 0.3) is 0 Å². The molecule has 1 saturated heterocycles. The summed E-state index contributed by atoms with van der Waals surface area (Å²) in [5, 5.41) is 0. The quantitative estimate of drug-likeness (QED) is 0.736. The van der Waals surface area contributed by atoms with Gasteiger partial charge >= 0.3 is 0 Å². The largest absolute Gasteiger partial charge is 0.469 e. The van der Waals surface area contributed by atoms with Gasteiger partial charge in [0, 0.05) is 19.1 Å². The van der Waals surface area contributed by atoms with Crippen molar-refractivity contribution in [3.05, 3.63) is 24.2 Å². The lowest BCUT2D eigenvalue weighted by Crippen LogP contribution is -2.24. The van der Waals surface area contributed by atoms with Gasteiger partial charge < -0.3 is 9.15 Å². The molecule has 3 heteroatoms. The van der Waals surface area contributed by atoms with Crippen LogP contribution in [0.25, 0.3) is 0 Å². The highest BCUT2D eigenvalue weighted by atomic mass is 16.5. The molecule has 1 aromatic heterocycles. The second-order valence-electron chi connectivity index (χ2n) is 3.61. The first-order valence-electron chi connectivity index (χ1n) is 4.99. The van der Waals surface area contributed by atoms with Crippen LogP contribution in [0.4, 0.5) is 0 Å². The van der Waals surface area contributed by atoms with Crippen molar-refractivity contribution < 1.29 is 13.9 Å². The molecular formula is C11H14O3. The van der Waals surface area contributed by atoms with Gasteiger partial charge in [-0.05, 0) is 25.0 Å². The van der Waals surface area contributed by atoms with E-state index < -0.39 is 0 Å². The normalized spacial score (nSPS) is 18.3.